The molecule has 3 aromatic rings. The second-order valence-electron chi connectivity index (χ2n) is 4.62. The van der Waals surface area contributed by atoms with Gasteiger partial charge < -0.3 is 10.5 Å². The Morgan fingerprint density at radius 1 is 1.30 bits per heavy atom. The first-order valence-electron chi connectivity index (χ1n) is 6.83. The maximum Gasteiger partial charge on any atom is 0.251 e. The SMILES string of the molecule is O=C(CSc1cccc[n+]1[O-])Nc1cccc(-c2nccs2)c1. The van der Waals surface area contributed by atoms with Gasteiger partial charge in [0.05, 0.1) is 5.75 Å². The fraction of sp³-hybridized carbons (Fsp3) is 0.0625. The lowest BCUT2D eigenvalue weighted by atomic mass is 10.2. The number of pyridine rings is 1. The van der Waals surface area contributed by atoms with Crippen molar-refractivity contribution in [2.24, 2.45) is 0 Å². The van der Waals surface area contributed by atoms with E-state index in [1.807, 2.05) is 29.6 Å². The summed E-state index contributed by atoms with van der Waals surface area (Å²) in [7, 11) is 0. The summed E-state index contributed by atoms with van der Waals surface area (Å²) in [5.74, 6) is 0.0171. The van der Waals surface area contributed by atoms with Gasteiger partial charge in [-0.05, 0) is 30.0 Å². The Hall–Kier alpha value is -2.38. The molecule has 23 heavy (non-hydrogen) atoms. The highest BCUT2D eigenvalue weighted by Gasteiger charge is 2.10. The van der Waals surface area contributed by atoms with Crippen molar-refractivity contribution >= 4 is 34.7 Å². The average Bonchev–Trinajstić information content (AvgIpc) is 3.09. The Kier molecular flexibility index (Phi) is 4.89. The number of nitrogens with zero attached hydrogens (tertiary/aromatic N) is 2. The van der Waals surface area contributed by atoms with E-state index < -0.39 is 0 Å². The van der Waals surface area contributed by atoms with E-state index >= 15 is 0 Å². The van der Waals surface area contributed by atoms with Crippen molar-refractivity contribution in [1.82, 2.24) is 4.98 Å². The highest BCUT2D eigenvalue weighted by atomic mass is 32.2. The first kappa shape index (κ1) is 15.5. The number of carbonyl (C=O) groups excluding carboxylic acids is 1. The molecule has 0 bridgehead atoms. The zero-order valence-corrected chi connectivity index (χ0v) is 13.6. The molecule has 1 N–H and O–H groups in total. The minimum atomic E-state index is -0.157. The van der Waals surface area contributed by atoms with Gasteiger partial charge >= 0.3 is 0 Å². The number of thioether (sulfide) groups is 1. The van der Waals surface area contributed by atoms with Crippen LogP contribution in [0.15, 0.2) is 65.3 Å². The second kappa shape index (κ2) is 7.26. The van der Waals surface area contributed by atoms with E-state index in [1.165, 1.54) is 18.0 Å². The molecule has 1 aromatic carbocycles. The third-order valence-electron chi connectivity index (χ3n) is 2.97. The molecule has 0 atom stereocenters. The van der Waals surface area contributed by atoms with Gasteiger partial charge in [-0.3, -0.25) is 4.79 Å². The molecule has 0 aliphatic carbocycles. The second-order valence-corrected chi connectivity index (χ2v) is 6.51. The molecule has 1 amide bonds. The fourth-order valence-electron chi connectivity index (χ4n) is 1.96. The number of rotatable bonds is 5. The maximum absolute atomic E-state index is 12.0. The average molecular weight is 343 g/mol. The van der Waals surface area contributed by atoms with Gasteiger partial charge in [-0.25, -0.2) is 4.98 Å². The van der Waals surface area contributed by atoms with E-state index in [-0.39, 0.29) is 11.7 Å². The quantitative estimate of drug-likeness (QED) is 0.439. The number of anilines is 1. The standard InChI is InChI=1S/C16H13N3O2S2/c20-14(11-23-15-6-1-2-8-19(15)21)18-13-5-3-4-12(10-13)16-17-7-9-22-16/h1-10H,11H2,(H,18,20). The smallest absolute Gasteiger partial charge is 0.251 e. The number of hydrogen-bond acceptors (Lipinski definition) is 5. The number of benzene rings is 1. The number of aromatic nitrogens is 2. The van der Waals surface area contributed by atoms with Gasteiger partial charge in [0.15, 0.2) is 6.20 Å². The summed E-state index contributed by atoms with van der Waals surface area (Å²) in [6.07, 6.45) is 3.16. The highest BCUT2D eigenvalue weighted by Crippen LogP contribution is 2.24. The van der Waals surface area contributed by atoms with Crippen LogP contribution in [-0.2, 0) is 4.79 Å². The van der Waals surface area contributed by atoms with Crippen LogP contribution in [0.4, 0.5) is 5.69 Å². The summed E-state index contributed by atoms with van der Waals surface area (Å²) in [4.78, 5) is 16.3. The molecular formula is C16H13N3O2S2. The lowest BCUT2D eigenvalue weighted by Gasteiger charge is -2.06. The summed E-state index contributed by atoms with van der Waals surface area (Å²) in [5.41, 5.74) is 1.68. The monoisotopic (exact) mass is 343 g/mol. The van der Waals surface area contributed by atoms with Crippen LogP contribution in [0.2, 0.25) is 0 Å². The largest absolute Gasteiger partial charge is 0.618 e. The van der Waals surface area contributed by atoms with Crippen LogP contribution in [0.5, 0.6) is 0 Å². The number of hydrogen-bond donors (Lipinski definition) is 1. The van der Waals surface area contributed by atoms with Crippen molar-refractivity contribution in [3.63, 3.8) is 0 Å². The Balaban J connectivity index is 1.62. The van der Waals surface area contributed by atoms with E-state index in [4.69, 9.17) is 0 Å². The molecule has 5 nitrogen and oxygen atoms in total. The van der Waals surface area contributed by atoms with Crippen molar-refractivity contribution in [2.75, 3.05) is 11.1 Å². The van der Waals surface area contributed by atoms with E-state index in [1.54, 1.807) is 35.7 Å². The van der Waals surface area contributed by atoms with Crippen LogP contribution in [-0.4, -0.2) is 16.6 Å². The summed E-state index contributed by atoms with van der Waals surface area (Å²) in [6, 6.07) is 12.7. The lowest BCUT2D eigenvalue weighted by Crippen LogP contribution is -2.28. The van der Waals surface area contributed by atoms with Crippen LogP contribution in [0.3, 0.4) is 0 Å². The van der Waals surface area contributed by atoms with Crippen LogP contribution < -0.4 is 10.0 Å². The van der Waals surface area contributed by atoms with Crippen LogP contribution in [0.1, 0.15) is 0 Å². The zero-order chi connectivity index (χ0) is 16.1. The molecule has 3 rings (SSSR count). The predicted molar refractivity (Wildman–Crippen MR) is 92.3 cm³/mol. The van der Waals surface area contributed by atoms with E-state index in [2.05, 4.69) is 10.3 Å². The molecule has 0 aliphatic heterocycles. The number of nitrogens with one attached hydrogen (secondary N) is 1. The number of amides is 1. The minimum Gasteiger partial charge on any atom is -0.618 e. The molecule has 2 heterocycles. The third-order valence-corrected chi connectivity index (χ3v) is 4.81. The first-order chi connectivity index (χ1) is 11.2. The summed E-state index contributed by atoms with van der Waals surface area (Å²) in [5, 5.41) is 17.7. The summed E-state index contributed by atoms with van der Waals surface area (Å²) >= 11 is 2.75. The van der Waals surface area contributed by atoms with Gasteiger partial charge in [0.2, 0.25) is 5.91 Å². The Labute approximate surface area is 141 Å². The molecule has 7 heteroatoms. The first-order valence-corrected chi connectivity index (χ1v) is 8.70. The molecule has 0 fully saturated rings. The normalized spacial score (nSPS) is 10.4. The summed E-state index contributed by atoms with van der Waals surface area (Å²) in [6.45, 7) is 0. The van der Waals surface area contributed by atoms with Crippen molar-refractivity contribution in [3.8, 4) is 10.6 Å². The van der Waals surface area contributed by atoms with Crippen LogP contribution in [0.25, 0.3) is 10.6 Å². The van der Waals surface area contributed by atoms with E-state index in [0.717, 1.165) is 15.3 Å². The highest BCUT2D eigenvalue weighted by molar-refractivity contribution is 7.99. The van der Waals surface area contributed by atoms with Gasteiger partial charge in [-0.1, -0.05) is 12.1 Å². The lowest BCUT2D eigenvalue weighted by molar-refractivity contribution is -0.645. The molecule has 0 aliphatic rings. The summed E-state index contributed by atoms with van der Waals surface area (Å²) < 4.78 is 0.751. The van der Waals surface area contributed by atoms with Gasteiger partial charge in [0, 0.05) is 35.0 Å². The molecule has 0 radical (unpaired) electrons. The van der Waals surface area contributed by atoms with E-state index in [0.29, 0.717) is 10.7 Å². The molecule has 0 unspecified atom stereocenters. The number of thiazole rings is 1. The van der Waals surface area contributed by atoms with Gasteiger partial charge in [-0.2, -0.15) is 4.73 Å². The molecule has 0 saturated carbocycles. The topological polar surface area (TPSA) is 68.9 Å². The Bertz CT molecular complexity index is 807. The van der Waals surface area contributed by atoms with Crippen molar-refractivity contribution in [3.05, 3.63) is 65.4 Å². The Morgan fingerprint density at radius 2 is 2.22 bits per heavy atom. The van der Waals surface area contributed by atoms with Gasteiger partial charge in [0.25, 0.3) is 5.03 Å². The van der Waals surface area contributed by atoms with Crippen molar-refractivity contribution < 1.29 is 9.52 Å². The van der Waals surface area contributed by atoms with Crippen LogP contribution in [0, 0.1) is 5.21 Å². The van der Waals surface area contributed by atoms with Crippen molar-refractivity contribution in [1.29, 1.82) is 0 Å². The molecule has 0 spiro atoms. The molecule has 0 saturated heterocycles. The minimum absolute atomic E-state index is 0.157. The Morgan fingerprint density at radius 3 is 3.00 bits per heavy atom. The third kappa shape index (κ3) is 4.08. The molecule has 116 valence electrons. The fourth-order valence-corrected chi connectivity index (χ4v) is 3.31. The zero-order valence-electron chi connectivity index (χ0n) is 12.0. The van der Waals surface area contributed by atoms with Crippen molar-refractivity contribution in [2.45, 2.75) is 5.03 Å². The maximum atomic E-state index is 12.0. The van der Waals surface area contributed by atoms with Crippen LogP contribution >= 0.6 is 23.1 Å². The van der Waals surface area contributed by atoms with Gasteiger partial charge in [-0.15, -0.1) is 11.3 Å². The molecular weight excluding hydrogens is 330 g/mol. The van der Waals surface area contributed by atoms with E-state index in [9.17, 15) is 10.0 Å². The van der Waals surface area contributed by atoms with Gasteiger partial charge in [0.1, 0.15) is 5.01 Å². The predicted octanol–water partition coefficient (Wildman–Crippen LogP) is 3.17. The number of carbonyl (C=O) groups is 1. The molecule has 2 aromatic heterocycles.